The molecule has 1 aliphatic carbocycles. The van der Waals surface area contributed by atoms with Gasteiger partial charge in [-0.2, -0.15) is 5.10 Å². The molecule has 0 aliphatic heterocycles. The molecule has 3 heteroatoms. The maximum atomic E-state index is 9.27. The van der Waals surface area contributed by atoms with Gasteiger partial charge in [-0.15, -0.1) is 0 Å². The van der Waals surface area contributed by atoms with Gasteiger partial charge >= 0.3 is 0 Å². The molecule has 3 aromatic rings. The van der Waals surface area contributed by atoms with Crippen LogP contribution in [0.4, 0.5) is 0 Å². The average molecular weight is 304 g/mol. The fourth-order valence-electron chi connectivity index (χ4n) is 3.51. The second-order valence-corrected chi connectivity index (χ2v) is 6.12. The summed E-state index contributed by atoms with van der Waals surface area (Å²) in [7, 11) is 0. The van der Waals surface area contributed by atoms with Gasteiger partial charge in [0.1, 0.15) is 0 Å². The summed E-state index contributed by atoms with van der Waals surface area (Å²) in [6.45, 7) is 0.860. The largest absolute Gasteiger partial charge is 0.392 e. The predicted octanol–water partition coefficient (Wildman–Crippen LogP) is 3.80. The SMILES string of the molecule is OC/C=C1\CCCc2cnn(Cc3ccc4ccccc4c3)c21. The fourth-order valence-corrected chi connectivity index (χ4v) is 3.51. The maximum absolute atomic E-state index is 9.27. The number of hydrogen-bond acceptors (Lipinski definition) is 2. The average Bonchev–Trinajstić information content (AvgIpc) is 2.99. The van der Waals surface area contributed by atoms with Crippen LogP contribution in [0.25, 0.3) is 16.3 Å². The molecule has 0 saturated carbocycles. The van der Waals surface area contributed by atoms with E-state index >= 15 is 0 Å². The predicted molar refractivity (Wildman–Crippen MR) is 93.3 cm³/mol. The number of aromatic nitrogens is 2. The van der Waals surface area contributed by atoms with Crippen molar-refractivity contribution < 1.29 is 5.11 Å². The summed E-state index contributed by atoms with van der Waals surface area (Å²) in [6.07, 6.45) is 7.16. The molecule has 116 valence electrons. The lowest BCUT2D eigenvalue weighted by Crippen LogP contribution is -2.10. The number of aryl methyl sites for hydroxylation is 1. The van der Waals surface area contributed by atoms with Gasteiger partial charge in [0, 0.05) is 0 Å². The van der Waals surface area contributed by atoms with Gasteiger partial charge in [-0.1, -0.05) is 42.5 Å². The molecule has 0 radical (unpaired) electrons. The van der Waals surface area contributed by atoms with Crippen LogP contribution in [0.5, 0.6) is 0 Å². The first kappa shape index (κ1) is 14.2. The molecule has 0 fully saturated rings. The fraction of sp³-hybridized carbons (Fsp3) is 0.250. The van der Waals surface area contributed by atoms with E-state index in [0.717, 1.165) is 25.8 Å². The number of benzene rings is 2. The van der Waals surface area contributed by atoms with Crippen LogP contribution in [0.2, 0.25) is 0 Å². The van der Waals surface area contributed by atoms with Gasteiger partial charge in [0.2, 0.25) is 0 Å². The number of allylic oxidation sites excluding steroid dienone is 1. The second kappa shape index (κ2) is 6.01. The van der Waals surface area contributed by atoms with Gasteiger partial charge < -0.3 is 5.11 Å². The Labute approximate surface area is 135 Å². The zero-order valence-corrected chi connectivity index (χ0v) is 13.1. The third-order valence-electron chi connectivity index (χ3n) is 4.60. The van der Waals surface area contributed by atoms with Crippen molar-refractivity contribution in [3.63, 3.8) is 0 Å². The molecule has 1 N–H and O–H groups in total. The van der Waals surface area contributed by atoms with Gasteiger partial charge in [0.05, 0.1) is 25.0 Å². The molecule has 1 aromatic heterocycles. The lowest BCUT2D eigenvalue weighted by atomic mass is 9.92. The molecule has 0 saturated heterocycles. The Hall–Kier alpha value is -2.39. The van der Waals surface area contributed by atoms with Crippen molar-refractivity contribution in [3.8, 4) is 0 Å². The Balaban J connectivity index is 1.71. The van der Waals surface area contributed by atoms with Crippen LogP contribution in [0.3, 0.4) is 0 Å². The molecule has 3 nitrogen and oxygen atoms in total. The minimum atomic E-state index is 0.0932. The third-order valence-corrected chi connectivity index (χ3v) is 4.60. The zero-order chi connectivity index (χ0) is 15.6. The summed E-state index contributed by atoms with van der Waals surface area (Å²) in [5, 5.41) is 16.4. The molecule has 0 bridgehead atoms. The monoisotopic (exact) mass is 304 g/mol. The highest BCUT2D eigenvalue weighted by Gasteiger charge is 2.19. The normalized spacial score (nSPS) is 16.0. The second-order valence-electron chi connectivity index (χ2n) is 6.12. The van der Waals surface area contributed by atoms with Crippen molar-refractivity contribution in [2.75, 3.05) is 6.61 Å². The first-order valence-electron chi connectivity index (χ1n) is 8.18. The van der Waals surface area contributed by atoms with Crippen LogP contribution >= 0.6 is 0 Å². The number of rotatable bonds is 3. The highest BCUT2D eigenvalue weighted by atomic mass is 16.2. The summed E-state index contributed by atoms with van der Waals surface area (Å²) in [5.74, 6) is 0. The third kappa shape index (κ3) is 2.68. The highest BCUT2D eigenvalue weighted by Crippen LogP contribution is 2.31. The molecule has 0 atom stereocenters. The maximum Gasteiger partial charge on any atom is 0.0675 e. The first-order valence-corrected chi connectivity index (χ1v) is 8.18. The Morgan fingerprint density at radius 1 is 1.09 bits per heavy atom. The van der Waals surface area contributed by atoms with Crippen LogP contribution in [-0.2, 0) is 13.0 Å². The van der Waals surface area contributed by atoms with Crippen LogP contribution < -0.4 is 0 Å². The number of fused-ring (bicyclic) bond motifs is 2. The molecule has 0 unspecified atom stereocenters. The van der Waals surface area contributed by atoms with Gasteiger partial charge in [0.15, 0.2) is 0 Å². The van der Waals surface area contributed by atoms with Crippen LogP contribution in [0, 0.1) is 0 Å². The lowest BCUT2D eigenvalue weighted by Gasteiger charge is -2.18. The van der Waals surface area contributed by atoms with E-state index in [0.29, 0.717) is 0 Å². The van der Waals surface area contributed by atoms with Crippen molar-refractivity contribution in [2.24, 2.45) is 0 Å². The van der Waals surface area contributed by atoms with Crippen LogP contribution in [0.15, 0.2) is 54.7 Å². The van der Waals surface area contributed by atoms with Crippen molar-refractivity contribution >= 4 is 16.3 Å². The molecule has 1 aliphatic rings. The Morgan fingerprint density at radius 3 is 2.83 bits per heavy atom. The topological polar surface area (TPSA) is 38.1 Å². The molecule has 0 spiro atoms. The summed E-state index contributed by atoms with van der Waals surface area (Å²) < 4.78 is 2.08. The van der Waals surface area contributed by atoms with E-state index in [1.807, 2.05) is 12.3 Å². The summed E-state index contributed by atoms with van der Waals surface area (Å²) in [4.78, 5) is 0. The number of aliphatic hydroxyl groups excluding tert-OH is 1. The molecular weight excluding hydrogens is 284 g/mol. The Bertz CT molecular complexity index is 876. The van der Waals surface area contributed by atoms with Crippen LogP contribution in [0.1, 0.15) is 29.7 Å². The summed E-state index contributed by atoms with van der Waals surface area (Å²) in [6, 6.07) is 15.0. The Morgan fingerprint density at radius 2 is 1.96 bits per heavy atom. The Kier molecular flexibility index (Phi) is 3.72. The summed E-state index contributed by atoms with van der Waals surface area (Å²) in [5.41, 5.74) is 4.99. The minimum absolute atomic E-state index is 0.0932. The van der Waals surface area contributed by atoms with E-state index < -0.39 is 0 Å². The molecule has 0 amide bonds. The zero-order valence-electron chi connectivity index (χ0n) is 13.1. The van der Waals surface area contributed by atoms with Gasteiger partial charge in [-0.25, -0.2) is 0 Å². The molecule has 23 heavy (non-hydrogen) atoms. The lowest BCUT2D eigenvalue weighted by molar-refractivity contribution is 0.342. The molecular formula is C20H20N2O. The van der Waals surface area contributed by atoms with Crippen molar-refractivity contribution in [2.45, 2.75) is 25.8 Å². The molecule has 4 rings (SSSR count). The van der Waals surface area contributed by atoms with E-state index in [2.05, 4.69) is 52.2 Å². The van der Waals surface area contributed by atoms with E-state index in [-0.39, 0.29) is 6.61 Å². The van der Waals surface area contributed by atoms with E-state index in [9.17, 15) is 5.11 Å². The molecule has 1 heterocycles. The molecule has 2 aromatic carbocycles. The standard InChI is InChI=1S/C20H20N2O/c23-11-10-17-6-3-7-19-13-21-22(20(17)19)14-15-8-9-16-4-1-2-5-18(16)12-15/h1-2,4-5,8-10,12-13,23H,3,6-7,11,14H2/b17-10+. The van der Waals surface area contributed by atoms with Crippen molar-refractivity contribution in [1.29, 1.82) is 0 Å². The smallest absolute Gasteiger partial charge is 0.0675 e. The quantitative estimate of drug-likeness (QED) is 0.799. The highest BCUT2D eigenvalue weighted by molar-refractivity contribution is 5.83. The van der Waals surface area contributed by atoms with Gasteiger partial charge in [0.25, 0.3) is 0 Å². The summed E-state index contributed by atoms with van der Waals surface area (Å²) >= 11 is 0. The van der Waals surface area contributed by atoms with Gasteiger partial charge in [-0.3, -0.25) is 4.68 Å². The first-order chi connectivity index (χ1) is 11.3. The van der Waals surface area contributed by atoms with Crippen LogP contribution in [-0.4, -0.2) is 21.5 Å². The van der Waals surface area contributed by atoms with E-state index in [1.54, 1.807) is 0 Å². The number of nitrogens with zero attached hydrogens (tertiary/aromatic N) is 2. The van der Waals surface area contributed by atoms with Crippen molar-refractivity contribution in [1.82, 2.24) is 9.78 Å². The van der Waals surface area contributed by atoms with E-state index in [4.69, 9.17) is 0 Å². The number of aliphatic hydroxyl groups is 1. The van der Waals surface area contributed by atoms with Gasteiger partial charge in [-0.05, 0) is 52.8 Å². The van der Waals surface area contributed by atoms with Crippen molar-refractivity contribution in [3.05, 3.63) is 71.6 Å². The van der Waals surface area contributed by atoms with E-state index in [1.165, 1.54) is 33.2 Å². The number of hydrogen-bond donors (Lipinski definition) is 1. The minimum Gasteiger partial charge on any atom is -0.392 e.